The third kappa shape index (κ3) is 6.65. The molecule has 0 bridgehead atoms. The molecule has 0 aromatic heterocycles. The van der Waals surface area contributed by atoms with Crippen LogP contribution in [-0.4, -0.2) is 83.0 Å². The van der Waals surface area contributed by atoms with Gasteiger partial charge in [0.1, 0.15) is 17.7 Å². The minimum atomic E-state index is -0.915. The van der Waals surface area contributed by atoms with Crippen molar-refractivity contribution in [2.75, 3.05) is 24.5 Å². The summed E-state index contributed by atoms with van der Waals surface area (Å²) >= 11 is 0. The van der Waals surface area contributed by atoms with E-state index in [9.17, 15) is 19.2 Å². The fourth-order valence-electron chi connectivity index (χ4n) is 6.00. The van der Waals surface area contributed by atoms with Crippen molar-refractivity contribution in [1.82, 2.24) is 15.1 Å². The van der Waals surface area contributed by atoms with Crippen molar-refractivity contribution >= 4 is 29.5 Å². The molecule has 3 heterocycles. The zero-order chi connectivity index (χ0) is 28.5. The molecule has 0 aliphatic carbocycles. The second-order valence-corrected chi connectivity index (χ2v) is 12.3. The largest absolute Gasteiger partial charge is 0.444 e. The maximum absolute atomic E-state index is 13.5. The van der Waals surface area contributed by atoms with Gasteiger partial charge in [-0.2, -0.15) is 0 Å². The normalized spacial score (nSPS) is 26.2. The van der Waals surface area contributed by atoms with Crippen molar-refractivity contribution in [3.05, 3.63) is 29.8 Å². The number of fused-ring (bicyclic) bond motifs is 1. The summed E-state index contributed by atoms with van der Waals surface area (Å²) in [6.45, 7) is 11.6. The predicted octanol–water partition coefficient (Wildman–Crippen LogP) is 2.43. The number of nitrogens with one attached hydrogen (secondary N) is 1. The first-order chi connectivity index (χ1) is 18.3. The molecule has 0 spiro atoms. The van der Waals surface area contributed by atoms with Crippen LogP contribution in [0.3, 0.4) is 0 Å². The van der Waals surface area contributed by atoms with Crippen LogP contribution >= 0.6 is 0 Å². The average Bonchev–Trinajstić information content (AvgIpc) is 3.23. The van der Waals surface area contributed by atoms with Gasteiger partial charge in [0.15, 0.2) is 0 Å². The van der Waals surface area contributed by atoms with Crippen molar-refractivity contribution in [2.24, 2.45) is 11.7 Å². The lowest BCUT2D eigenvalue weighted by molar-refractivity contribution is -0.134. The van der Waals surface area contributed by atoms with Crippen LogP contribution in [0.25, 0.3) is 0 Å². The Morgan fingerprint density at radius 1 is 1.08 bits per heavy atom. The Hall–Kier alpha value is -3.30. The van der Waals surface area contributed by atoms with Crippen molar-refractivity contribution in [1.29, 1.82) is 0 Å². The van der Waals surface area contributed by atoms with Crippen LogP contribution in [0.2, 0.25) is 0 Å². The lowest BCUT2D eigenvalue weighted by Gasteiger charge is -2.43. The van der Waals surface area contributed by atoms with Gasteiger partial charge in [-0.25, -0.2) is 4.79 Å². The molecule has 1 unspecified atom stereocenters. The van der Waals surface area contributed by atoms with E-state index in [1.165, 1.54) is 4.90 Å². The molecule has 4 amide bonds. The van der Waals surface area contributed by atoms with Crippen molar-refractivity contribution in [3.8, 4) is 0 Å². The van der Waals surface area contributed by atoms with Gasteiger partial charge in [0.05, 0.1) is 0 Å². The molecule has 1 aromatic rings. The van der Waals surface area contributed by atoms with Gasteiger partial charge in [0.25, 0.3) is 0 Å². The molecule has 3 fully saturated rings. The second kappa shape index (κ2) is 11.4. The Labute approximate surface area is 231 Å². The predicted molar refractivity (Wildman–Crippen MR) is 148 cm³/mol. The highest BCUT2D eigenvalue weighted by molar-refractivity contribution is 5.91. The Bertz CT molecular complexity index is 1080. The molecular formula is C29H43N5O5. The van der Waals surface area contributed by atoms with E-state index in [1.807, 2.05) is 43.0 Å². The Morgan fingerprint density at radius 3 is 2.41 bits per heavy atom. The molecule has 3 aliphatic heterocycles. The Balaban J connectivity index is 1.42. The van der Waals surface area contributed by atoms with Gasteiger partial charge in [0, 0.05) is 50.2 Å². The summed E-state index contributed by atoms with van der Waals surface area (Å²) < 4.78 is 5.61. The number of primary amides is 1. The van der Waals surface area contributed by atoms with Crippen molar-refractivity contribution in [2.45, 2.75) is 96.5 Å². The standard InChI is InChI=1S/C29H43N5O5/c1-18-6-7-19(2)34(28(38)39-29(3,4)5)25(18)27(37)31-23(26(30)36)16-20-8-10-21(11-9-20)32-14-15-33-22(17-32)12-13-24(33)35/h8-11,18-19,22-23,25H,6-7,12-17H2,1-5H3,(H2,30,36)(H,31,37)/t18-,19+,22?,23+,25+/m1/s1. The summed E-state index contributed by atoms with van der Waals surface area (Å²) in [6.07, 6.45) is 2.79. The zero-order valence-electron chi connectivity index (χ0n) is 23.8. The number of amides is 4. The number of piperidine rings is 1. The van der Waals surface area contributed by atoms with Crippen molar-refractivity contribution < 1.29 is 23.9 Å². The van der Waals surface area contributed by atoms with Gasteiger partial charge in [-0.05, 0) is 70.6 Å². The quantitative estimate of drug-likeness (QED) is 0.570. The summed E-state index contributed by atoms with van der Waals surface area (Å²) in [6, 6.07) is 6.34. The fourth-order valence-corrected chi connectivity index (χ4v) is 6.00. The molecular weight excluding hydrogens is 498 g/mol. The third-order valence-electron chi connectivity index (χ3n) is 8.12. The van der Waals surface area contributed by atoms with Crippen LogP contribution in [0.4, 0.5) is 10.5 Å². The van der Waals surface area contributed by atoms with Crippen LogP contribution in [0.1, 0.15) is 65.9 Å². The van der Waals surface area contributed by atoms with Gasteiger partial charge in [0.2, 0.25) is 17.7 Å². The third-order valence-corrected chi connectivity index (χ3v) is 8.12. The molecule has 5 atom stereocenters. The number of hydrogen-bond donors (Lipinski definition) is 2. The van der Waals surface area contributed by atoms with E-state index in [-0.39, 0.29) is 30.3 Å². The fraction of sp³-hybridized carbons (Fsp3) is 0.655. The van der Waals surface area contributed by atoms with E-state index in [0.29, 0.717) is 6.42 Å². The number of hydrogen-bond acceptors (Lipinski definition) is 6. The molecule has 3 aliphatic rings. The molecule has 3 saturated heterocycles. The number of likely N-dealkylation sites (tertiary alicyclic amines) is 1. The Kier molecular flexibility index (Phi) is 8.42. The van der Waals surface area contributed by atoms with Crippen LogP contribution in [0.15, 0.2) is 24.3 Å². The van der Waals surface area contributed by atoms with Crippen LogP contribution < -0.4 is 16.0 Å². The van der Waals surface area contributed by atoms with Gasteiger partial charge in [-0.3, -0.25) is 19.3 Å². The van der Waals surface area contributed by atoms with Crippen LogP contribution in [0, 0.1) is 5.92 Å². The molecule has 0 radical (unpaired) electrons. The van der Waals surface area contributed by atoms with Gasteiger partial charge in [-0.15, -0.1) is 0 Å². The molecule has 3 N–H and O–H groups in total. The lowest BCUT2D eigenvalue weighted by atomic mass is 9.86. The SMILES string of the molecule is C[C@@H]1CC[C@H](C)N(C(=O)OC(C)(C)C)[C@@H]1C(=O)N[C@@H](Cc1ccc(N2CCN3C(=O)CCC3C2)cc1)C(N)=O. The first-order valence-electron chi connectivity index (χ1n) is 14.1. The number of piperazine rings is 1. The first kappa shape index (κ1) is 28.7. The maximum atomic E-state index is 13.5. The monoisotopic (exact) mass is 541 g/mol. The van der Waals surface area contributed by atoms with E-state index in [2.05, 4.69) is 10.2 Å². The maximum Gasteiger partial charge on any atom is 0.411 e. The highest BCUT2D eigenvalue weighted by Gasteiger charge is 2.43. The summed E-state index contributed by atoms with van der Waals surface area (Å²) in [7, 11) is 0. The zero-order valence-corrected chi connectivity index (χ0v) is 23.8. The van der Waals surface area contributed by atoms with Crippen LogP contribution in [-0.2, 0) is 25.5 Å². The number of anilines is 1. The smallest absolute Gasteiger partial charge is 0.411 e. The first-order valence-corrected chi connectivity index (χ1v) is 14.1. The van der Waals surface area contributed by atoms with Crippen molar-refractivity contribution in [3.63, 3.8) is 0 Å². The van der Waals surface area contributed by atoms with Crippen LogP contribution in [0.5, 0.6) is 0 Å². The molecule has 10 nitrogen and oxygen atoms in total. The summed E-state index contributed by atoms with van der Waals surface area (Å²) in [5.74, 6) is -0.878. The minimum absolute atomic E-state index is 0.0999. The minimum Gasteiger partial charge on any atom is -0.444 e. The number of carbonyl (C=O) groups is 4. The van der Waals surface area contributed by atoms with Gasteiger partial charge in [-0.1, -0.05) is 19.1 Å². The summed E-state index contributed by atoms with van der Waals surface area (Å²) in [5.41, 5.74) is 6.95. The molecule has 4 rings (SSSR count). The van der Waals surface area contributed by atoms with Gasteiger partial charge >= 0.3 is 6.09 Å². The molecule has 10 heteroatoms. The highest BCUT2D eigenvalue weighted by atomic mass is 16.6. The molecule has 39 heavy (non-hydrogen) atoms. The number of nitrogens with two attached hydrogens (primary N) is 1. The molecule has 0 saturated carbocycles. The topological polar surface area (TPSA) is 125 Å². The number of nitrogens with zero attached hydrogens (tertiary/aromatic N) is 3. The number of rotatable bonds is 6. The summed E-state index contributed by atoms with van der Waals surface area (Å²) in [4.78, 5) is 56.7. The van der Waals surface area contributed by atoms with E-state index < -0.39 is 35.6 Å². The number of benzene rings is 1. The highest BCUT2D eigenvalue weighted by Crippen LogP contribution is 2.30. The number of ether oxygens (including phenoxy) is 1. The van der Waals surface area contributed by atoms with E-state index in [0.717, 1.165) is 50.1 Å². The Morgan fingerprint density at radius 2 is 1.77 bits per heavy atom. The second-order valence-electron chi connectivity index (χ2n) is 12.3. The van der Waals surface area contributed by atoms with E-state index >= 15 is 0 Å². The number of carbonyl (C=O) groups excluding carboxylic acids is 4. The van der Waals surface area contributed by atoms with E-state index in [1.54, 1.807) is 20.8 Å². The molecule has 214 valence electrons. The average molecular weight is 542 g/mol. The lowest BCUT2D eigenvalue weighted by Crippen LogP contribution is -2.61. The summed E-state index contributed by atoms with van der Waals surface area (Å²) in [5, 5.41) is 2.83. The molecule has 1 aromatic carbocycles. The van der Waals surface area contributed by atoms with E-state index in [4.69, 9.17) is 10.5 Å². The van der Waals surface area contributed by atoms with Gasteiger partial charge < -0.3 is 25.6 Å².